The first-order chi connectivity index (χ1) is 12.9. The molecule has 28 heavy (non-hydrogen) atoms. The molecule has 0 bridgehead atoms. The van der Waals surface area contributed by atoms with Crippen LogP contribution in [0.4, 0.5) is 40.8 Å². The molecule has 0 saturated carbocycles. The maximum atomic E-state index is 13.7. The van der Waals surface area contributed by atoms with Crippen LogP contribution in [0.1, 0.15) is 11.3 Å². The molecule has 0 aliphatic rings. The van der Waals surface area contributed by atoms with E-state index in [4.69, 9.17) is 5.73 Å². The lowest BCUT2D eigenvalue weighted by Gasteiger charge is -2.09. The third-order valence-corrected chi connectivity index (χ3v) is 3.35. The van der Waals surface area contributed by atoms with E-state index in [0.29, 0.717) is 30.5 Å². The van der Waals surface area contributed by atoms with Gasteiger partial charge in [-0.2, -0.15) is 26.3 Å². The lowest BCUT2D eigenvalue weighted by Crippen LogP contribution is -2.21. The van der Waals surface area contributed by atoms with Crippen molar-refractivity contribution in [2.75, 3.05) is 0 Å². The van der Waals surface area contributed by atoms with Gasteiger partial charge in [0.25, 0.3) is 0 Å². The molecule has 1 aromatic carbocycles. The fraction of sp³-hybridized carbons (Fsp3) is 0.176. The van der Waals surface area contributed by atoms with Gasteiger partial charge in [0, 0.05) is 18.2 Å². The van der Waals surface area contributed by atoms with Gasteiger partial charge < -0.3 is 5.73 Å². The summed E-state index contributed by atoms with van der Waals surface area (Å²) in [5.74, 6) is -2.12. The predicted molar refractivity (Wildman–Crippen MR) is 84.7 cm³/mol. The summed E-state index contributed by atoms with van der Waals surface area (Å²) in [6, 6.07) is 3.70. The monoisotopic (exact) mass is 409 g/mol. The number of nitrogens with two attached hydrogens (primary N) is 1. The Hall–Kier alpha value is -2.98. The van der Waals surface area contributed by atoms with Gasteiger partial charge in [-0.05, 0) is 30.3 Å². The summed E-state index contributed by atoms with van der Waals surface area (Å²) in [5, 5.41) is 0. The van der Waals surface area contributed by atoms with E-state index in [0.717, 1.165) is 12.1 Å². The molecule has 150 valence electrons. The highest BCUT2D eigenvalue weighted by atomic mass is 19.4. The molecule has 2 rings (SSSR count). The van der Waals surface area contributed by atoms with E-state index in [1.54, 1.807) is 0 Å². The Morgan fingerprint density at radius 3 is 2.14 bits per heavy atom. The zero-order chi connectivity index (χ0) is 21.1. The van der Waals surface area contributed by atoms with Crippen LogP contribution in [0.2, 0.25) is 0 Å². The van der Waals surface area contributed by atoms with Crippen LogP contribution in [-0.2, 0) is 12.6 Å². The Labute approximate surface area is 153 Å². The third-order valence-electron chi connectivity index (χ3n) is 3.35. The van der Waals surface area contributed by atoms with Crippen LogP contribution in [0.15, 0.2) is 53.3 Å². The average molecular weight is 409 g/mol. The van der Waals surface area contributed by atoms with E-state index in [2.05, 4.69) is 9.98 Å². The summed E-state index contributed by atoms with van der Waals surface area (Å²) in [7, 11) is 0. The number of benzene rings is 1. The fourth-order valence-electron chi connectivity index (χ4n) is 2.02. The van der Waals surface area contributed by atoms with Gasteiger partial charge in [-0.15, -0.1) is 0 Å². The molecule has 0 unspecified atom stereocenters. The van der Waals surface area contributed by atoms with E-state index in [-0.39, 0.29) is 5.69 Å². The van der Waals surface area contributed by atoms with Crippen molar-refractivity contribution in [2.24, 2.45) is 10.7 Å². The van der Waals surface area contributed by atoms with Crippen molar-refractivity contribution in [3.8, 4) is 0 Å². The average Bonchev–Trinajstić information content (AvgIpc) is 2.56. The predicted octanol–water partition coefficient (Wildman–Crippen LogP) is 5.10. The summed E-state index contributed by atoms with van der Waals surface area (Å²) in [4.78, 5) is 7.23. The maximum Gasteiger partial charge on any atom is 0.430 e. The second-order valence-electron chi connectivity index (χ2n) is 5.50. The van der Waals surface area contributed by atoms with Crippen molar-refractivity contribution >= 4 is 11.4 Å². The van der Waals surface area contributed by atoms with Crippen LogP contribution in [0.5, 0.6) is 0 Å². The minimum atomic E-state index is -4.91. The lowest BCUT2D eigenvalue weighted by molar-refractivity contribution is -0.137. The summed E-state index contributed by atoms with van der Waals surface area (Å²) < 4.78 is 102. The molecular formula is C17H11F8N3. The molecule has 0 aliphatic heterocycles. The molecule has 0 spiro atoms. The van der Waals surface area contributed by atoms with E-state index in [1.165, 1.54) is 0 Å². The topological polar surface area (TPSA) is 51.3 Å². The number of allylic oxidation sites excluding steroid dienone is 2. The van der Waals surface area contributed by atoms with E-state index < -0.39 is 53.1 Å². The Balaban J connectivity index is 2.44. The molecule has 0 atom stereocenters. The van der Waals surface area contributed by atoms with Crippen molar-refractivity contribution in [3.05, 3.63) is 71.2 Å². The van der Waals surface area contributed by atoms with Crippen molar-refractivity contribution in [2.45, 2.75) is 18.8 Å². The van der Waals surface area contributed by atoms with Crippen LogP contribution >= 0.6 is 0 Å². The normalized spacial score (nSPS) is 13.7. The first kappa shape index (κ1) is 21.3. The first-order valence-corrected chi connectivity index (χ1v) is 7.45. The molecule has 0 radical (unpaired) electrons. The highest BCUT2D eigenvalue weighted by molar-refractivity contribution is 5.98. The Morgan fingerprint density at radius 2 is 1.64 bits per heavy atom. The van der Waals surface area contributed by atoms with E-state index in [9.17, 15) is 35.1 Å². The van der Waals surface area contributed by atoms with Gasteiger partial charge in [0.2, 0.25) is 0 Å². The number of rotatable bonds is 4. The Kier molecular flexibility index (Phi) is 6.05. The Bertz CT molecular complexity index is 896. The van der Waals surface area contributed by atoms with Gasteiger partial charge >= 0.3 is 12.4 Å². The van der Waals surface area contributed by atoms with Crippen molar-refractivity contribution in [1.29, 1.82) is 0 Å². The van der Waals surface area contributed by atoms with Crippen molar-refractivity contribution in [3.63, 3.8) is 0 Å². The third kappa shape index (κ3) is 5.76. The molecule has 11 heteroatoms. The van der Waals surface area contributed by atoms with Crippen LogP contribution in [0.25, 0.3) is 0 Å². The quantitative estimate of drug-likeness (QED) is 0.565. The summed E-state index contributed by atoms with van der Waals surface area (Å²) >= 11 is 0. The summed E-state index contributed by atoms with van der Waals surface area (Å²) in [6.45, 7) is 0. The number of alkyl halides is 6. The second-order valence-corrected chi connectivity index (χ2v) is 5.50. The van der Waals surface area contributed by atoms with Crippen LogP contribution in [0, 0.1) is 11.6 Å². The zero-order valence-electron chi connectivity index (χ0n) is 13.7. The molecule has 2 aromatic rings. The summed E-state index contributed by atoms with van der Waals surface area (Å²) in [6.07, 6.45) is -9.06. The molecule has 0 fully saturated rings. The number of hydrogen-bond donors (Lipinski definition) is 1. The van der Waals surface area contributed by atoms with Gasteiger partial charge in [-0.25, -0.2) is 8.78 Å². The molecule has 0 aliphatic carbocycles. The van der Waals surface area contributed by atoms with Gasteiger partial charge in [0.05, 0.1) is 23.1 Å². The molecule has 1 aromatic heterocycles. The number of nitrogens with zero attached hydrogens (tertiary/aromatic N) is 2. The van der Waals surface area contributed by atoms with E-state index in [1.807, 2.05) is 0 Å². The molecule has 2 N–H and O–H groups in total. The molecular weight excluding hydrogens is 398 g/mol. The number of aromatic nitrogens is 1. The van der Waals surface area contributed by atoms with Crippen LogP contribution in [0.3, 0.4) is 0 Å². The number of halogens is 8. The minimum absolute atomic E-state index is 0.128. The number of hydrogen-bond acceptors (Lipinski definition) is 3. The second kappa shape index (κ2) is 7.95. The highest BCUT2D eigenvalue weighted by Crippen LogP contribution is 2.30. The highest BCUT2D eigenvalue weighted by Gasteiger charge is 2.32. The van der Waals surface area contributed by atoms with Gasteiger partial charge in [0.1, 0.15) is 17.3 Å². The molecule has 1 heterocycles. The standard InChI is InChI=1S/C17H11F8N3/c18-10-5-13(19)14(27-8-10)6-12(7-15(26)17(23,24)25)28-11-3-1-9(2-4-11)16(20,21)22/h1-5,7-8H,6,26H2/b15-7-,28-12?. The van der Waals surface area contributed by atoms with Gasteiger partial charge in [-0.1, -0.05) is 0 Å². The minimum Gasteiger partial charge on any atom is -0.395 e. The van der Waals surface area contributed by atoms with Crippen molar-refractivity contribution < 1.29 is 35.1 Å². The SMILES string of the molecule is N/C(=C\C(Cc1ncc(F)cc1F)=Nc1ccc(C(F)(F)F)cc1)C(F)(F)F. The molecule has 0 saturated heterocycles. The Morgan fingerprint density at radius 1 is 1.04 bits per heavy atom. The largest absolute Gasteiger partial charge is 0.430 e. The van der Waals surface area contributed by atoms with Crippen molar-refractivity contribution in [1.82, 2.24) is 4.98 Å². The maximum absolute atomic E-state index is 13.7. The molecule has 3 nitrogen and oxygen atoms in total. The zero-order valence-corrected chi connectivity index (χ0v) is 13.7. The first-order valence-electron chi connectivity index (χ1n) is 7.45. The lowest BCUT2D eigenvalue weighted by atomic mass is 10.1. The van der Waals surface area contributed by atoms with Gasteiger partial charge in [-0.3, -0.25) is 9.98 Å². The van der Waals surface area contributed by atoms with Crippen LogP contribution in [-0.4, -0.2) is 16.9 Å². The fourth-order valence-corrected chi connectivity index (χ4v) is 2.02. The van der Waals surface area contributed by atoms with Gasteiger partial charge in [0.15, 0.2) is 0 Å². The van der Waals surface area contributed by atoms with E-state index >= 15 is 0 Å². The smallest absolute Gasteiger partial charge is 0.395 e. The molecule has 0 amide bonds. The summed E-state index contributed by atoms with van der Waals surface area (Å²) in [5.41, 5.74) is 1.41. The number of pyridine rings is 1. The van der Waals surface area contributed by atoms with Crippen LogP contribution < -0.4 is 5.73 Å². The number of aliphatic imine (C=N–C) groups is 1.